The molecule has 120 valence electrons. The molecule has 0 bridgehead atoms. The number of nitrogens with zero attached hydrogens (tertiary/aromatic N) is 2. The molecule has 0 atom stereocenters. The van der Waals surface area contributed by atoms with Gasteiger partial charge in [-0.3, -0.25) is 4.90 Å². The Balaban J connectivity index is 1.63. The van der Waals surface area contributed by atoms with Crippen molar-refractivity contribution in [1.82, 2.24) is 15.4 Å². The minimum absolute atomic E-state index is 0.500. The van der Waals surface area contributed by atoms with Gasteiger partial charge in [0.25, 0.3) is 0 Å². The SMILES string of the molecule is CC(C)N(CCOCc1cc(CNC2CC2)no1)C(C)C. The normalized spacial score (nSPS) is 15.6. The van der Waals surface area contributed by atoms with Gasteiger partial charge in [-0.05, 0) is 40.5 Å². The molecule has 0 saturated heterocycles. The number of hydrogen-bond acceptors (Lipinski definition) is 5. The number of ether oxygens (including phenoxy) is 1. The number of nitrogens with one attached hydrogen (secondary N) is 1. The molecule has 0 aliphatic heterocycles. The van der Waals surface area contributed by atoms with Gasteiger partial charge >= 0.3 is 0 Å². The summed E-state index contributed by atoms with van der Waals surface area (Å²) in [4.78, 5) is 2.42. The van der Waals surface area contributed by atoms with Crippen molar-refractivity contribution in [3.05, 3.63) is 17.5 Å². The average molecular weight is 295 g/mol. The van der Waals surface area contributed by atoms with Crippen LogP contribution in [0.25, 0.3) is 0 Å². The maximum absolute atomic E-state index is 5.71. The van der Waals surface area contributed by atoms with Gasteiger partial charge in [0.1, 0.15) is 6.61 Å². The van der Waals surface area contributed by atoms with Gasteiger partial charge in [-0.1, -0.05) is 5.16 Å². The van der Waals surface area contributed by atoms with Crippen LogP contribution in [0.15, 0.2) is 10.6 Å². The molecule has 0 amide bonds. The predicted molar refractivity (Wildman–Crippen MR) is 83.0 cm³/mol. The average Bonchev–Trinajstić information content (AvgIpc) is 3.14. The van der Waals surface area contributed by atoms with E-state index in [0.717, 1.165) is 24.5 Å². The molecule has 0 radical (unpaired) electrons. The molecule has 1 aromatic rings. The fourth-order valence-electron chi connectivity index (χ4n) is 2.50. The van der Waals surface area contributed by atoms with E-state index in [-0.39, 0.29) is 0 Å². The van der Waals surface area contributed by atoms with Crippen LogP contribution in [0.2, 0.25) is 0 Å². The fraction of sp³-hybridized carbons (Fsp3) is 0.812. The highest BCUT2D eigenvalue weighted by Gasteiger charge is 2.20. The monoisotopic (exact) mass is 295 g/mol. The summed E-state index contributed by atoms with van der Waals surface area (Å²) in [5.74, 6) is 0.809. The van der Waals surface area contributed by atoms with Gasteiger partial charge in [0.05, 0.1) is 12.3 Å². The van der Waals surface area contributed by atoms with Crippen LogP contribution >= 0.6 is 0 Å². The van der Waals surface area contributed by atoms with Crippen molar-refractivity contribution < 1.29 is 9.26 Å². The van der Waals surface area contributed by atoms with E-state index in [2.05, 4.69) is 43.1 Å². The summed E-state index contributed by atoms with van der Waals surface area (Å²) in [5.41, 5.74) is 0.964. The van der Waals surface area contributed by atoms with Crippen LogP contribution in [-0.2, 0) is 17.9 Å². The van der Waals surface area contributed by atoms with Crippen molar-refractivity contribution >= 4 is 0 Å². The highest BCUT2D eigenvalue weighted by atomic mass is 16.5. The van der Waals surface area contributed by atoms with Crippen LogP contribution in [0, 0.1) is 0 Å². The minimum Gasteiger partial charge on any atom is -0.372 e. The molecular formula is C16H29N3O2. The summed E-state index contributed by atoms with van der Waals surface area (Å²) in [5, 5.41) is 7.48. The first-order chi connectivity index (χ1) is 10.1. The molecule has 1 N–H and O–H groups in total. The van der Waals surface area contributed by atoms with Crippen LogP contribution in [0.4, 0.5) is 0 Å². The molecule has 21 heavy (non-hydrogen) atoms. The lowest BCUT2D eigenvalue weighted by atomic mass is 10.2. The Kier molecular flexibility index (Phi) is 6.21. The number of rotatable bonds is 10. The van der Waals surface area contributed by atoms with E-state index in [1.165, 1.54) is 12.8 Å². The quantitative estimate of drug-likeness (QED) is 0.672. The molecule has 1 saturated carbocycles. The molecule has 1 aliphatic carbocycles. The fourth-order valence-corrected chi connectivity index (χ4v) is 2.50. The second-order valence-electron chi connectivity index (χ2n) is 6.42. The molecular weight excluding hydrogens is 266 g/mol. The smallest absolute Gasteiger partial charge is 0.162 e. The first-order valence-corrected chi connectivity index (χ1v) is 8.07. The van der Waals surface area contributed by atoms with Crippen molar-refractivity contribution in [2.45, 2.75) is 71.8 Å². The summed E-state index contributed by atoms with van der Waals surface area (Å²) in [6.07, 6.45) is 2.58. The van der Waals surface area contributed by atoms with Crippen molar-refractivity contribution in [2.24, 2.45) is 0 Å². The van der Waals surface area contributed by atoms with Crippen molar-refractivity contribution in [3.63, 3.8) is 0 Å². The molecule has 0 aromatic carbocycles. The lowest BCUT2D eigenvalue weighted by Gasteiger charge is -2.30. The zero-order valence-corrected chi connectivity index (χ0v) is 13.8. The van der Waals surface area contributed by atoms with E-state index >= 15 is 0 Å². The second-order valence-corrected chi connectivity index (χ2v) is 6.42. The van der Waals surface area contributed by atoms with Crippen molar-refractivity contribution in [2.75, 3.05) is 13.2 Å². The van der Waals surface area contributed by atoms with Gasteiger partial charge in [0.2, 0.25) is 0 Å². The van der Waals surface area contributed by atoms with Gasteiger partial charge in [0, 0.05) is 37.3 Å². The molecule has 1 fully saturated rings. The third-order valence-electron chi connectivity index (χ3n) is 3.82. The zero-order valence-electron chi connectivity index (χ0n) is 13.8. The van der Waals surface area contributed by atoms with Crippen LogP contribution < -0.4 is 5.32 Å². The number of aromatic nitrogens is 1. The van der Waals surface area contributed by atoms with Gasteiger partial charge in [0.15, 0.2) is 5.76 Å². The van der Waals surface area contributed by atoms with E-state index in [1.54, 1.807) is 0 Å². The van der Waals surface area contributed by atoms with E-state index in [1.807, 2.05) is 6.07 Å². The van der Waals surface area contributed by atoms with Crippen LogP contribution in [0.3, 0.4) is 0 Å². The molecule has 2 rings (SSSR count). The largest absolute Gasteiger partial charge is 0.372 e. The molecule has 1 aliphatic rings. The summed E-state index contributed by atoms with van der Waals surface area (Å²) in [6.45, 7) is 11.8. The number of hydrogen-bond donors (Lipinski definition) is 1. The molecule has 1 heterocycles. The molecule has 5 heteroatoms. The Labute approximate surface area is 128 Å². The first-order valence-electron chi connectivity index (χ1n) is 8.07. The van der Waals surface area contributed by atoms with Crippen LogP contribution in [-0.4, -0.2) is 41.3 Å². The van der Waals surface area contributed by atoms with Gasteiger partial charge in [-0.25, -0.2) is 0 Å². The highest BCUT2D eigenvalue weighted by Crippen LogP contribution is 2.19. The van der Waals surface area contributed by atoms with Crippen molar-refractivity contribution in [1.29, 1.82) is 0 Å². The zero-order chi connectivity index (χ0) is 15.2. The predicted octanol–water partition coefficient (Wildman–Crippen LogP) is 2.56. The Bertz CT molecular complexity index is 405. The minimum atomic E-state index is 0.500. The van der Waals surface area contributed by atoms with Crippen molar-refractivity contribution in [3.8, 4) is 0 Å². The van der Waals surface area contributed by atoms with Gasteiger partial charge in [-0.15, -0.1) is 0 Å². The van der Waals surface area contributed by atoms with E-state index < -0.39 is 0 Å². The van der Waals surface area contributed by atoms with Gasteiger partial charge < -0.3 is 14.6 Å². The Morgan fingerprint density at radius 3 is 2.67 bits per heavy atom. The molecule has 0 unspecified atom stereocenters. The Hall–Kier alpha value is -0.910. The second kappa shape index (κ2) is 7.92. The van der Waals surface area contributed by atoms with E-state index in [0.29, 0.717) is 31.3 Å². The topological polar surface area (TPSA) is 50.5 Å². The van der Waals surface area contributed by atoms with Crippen LogP contribution in [0.5, 0.6) is 0 Å². The summed E-state index contributed by atoms with van der Waals surface area (Å²) in [6, 6.07) is 3.76. The third-order valence-corrected chi connectivity index (χ3v) is 3.82. The lowest BCUT2D eigenvalue weighted by molar-refractivity contribution is 0.0596. The summed E-state index contributed by atoms with van der Waals surface area (Å²) >= 11 is 0. The summed E-state index contributed by atoms with van der Waals surface area (Å²) < 4.78 is 11.0. The lowest BCUT2D eigenvalue weighted by Crippen LogP contribution is -2.39. The maximum Gasteiger partial charge on any atom is 0.162 e. The molecule has 1 aromatic heterocycles. The standard InChI is InChI=1S/C16H29N3O2/c1-12(2)19(13(3)4)7-8-20-11-16-9-15(18-21-16)10-17-14-5-6-14/h9,12-14,17H,5-8,10-11H2,1-4H3. The van der Waals surface area contributed by atoms with E-state index in [4.69, 9.17) is 9.26 Å². The maximum atomic E-state index is 5.71. The highest BCUT2D eigenvalue weighted by molar-refractivity contribution is 5.04. The Morgan fingerprint density at radius 2 is 2.05 bits per heavy atom. The Morgan fingerprint density at radius 1 is 1.33 bits per heavy atom. The van der Waals surface area contributed by atoms with E-state index in [9.17, 15) is 0 Å². The van der Waals surface area contributed by atoms with Gasteiger partial charge in [-0.2, -0.15) is 0 Å². The molecule has 0 spiro atoms. The third kappa shape index (κ3) is 5.77. The first kappa shape index (κ1) is 16.5. The molecule has 5 nitrogen and oxygen atoms in total. The van der Waals surface area contributed by atoms with Crippen LogP contribution in [0.1, 0.15) is 52.0 Å². The summed E-state index contributed by atoms with van der Waals surface area (Å²) in [7, 11) is 0.